The number of imidazole rings is 1. The second kappa shape index (κ2) is 9.58. The minimum Gasteiger partial charge on any atom is -0.494 e. The summed E-state index contributed by atoms with van der Waals surface area (Å²) in [5.74, 6) is 2.48. The van der Waals surface area contributed by atoms with Crippen LogP contribution in [0.1, 0.15) is 67.8 Å². The van der Waals surface area contributed by atoms with Crippen molar-refractivity contribution in [2.24, 2.45) is 0 Å². The molecule has 5 heteroatoms. The Morgan fingerprint density at radius 2 is 1.79 bits per heavy atom. The van der Waals surface area contributed by atoms with Crippen molar-refractivity contribution < 1.29 is 9.53 Å². The molecule has 0 N–H and O–H groups in total. The number of amides is 1. The van der Waals surface area contributed by atoms with Crippen molar-refractivity contribution in [1.29, 1.82) is 0 Å². The molecule has 1 aliphatic carbocycles. The number of hydrogen-bond donors (Lipinski definition) is 0. The lowest BCUT2D eigenvalue weighted by atomic mass is 9.94. The zero-order chi connectivity index (χ0) is 22.8. The SMILES string of the molecule is Cc1cc(C)cc(OCCCn2c(C3CC(=O)N(C4CCCCC4)C3)nc3ccccc32)c1. The Bertz CT molecular complexity index is 1110. The van der Waals surface area contributed by atoms with Gasteiger partial charge < -0.3 is 14.2 Å². The van der Waals surface area contributed by atoms with Crippen LogP contribution < -0.4 is 4.74 Å². The fourth-order valence-electron chi connectivity index (χ4n) is 5.72. The van der Waals surface area contributed by atoms with Crippen molar-refractivity contribution >= 4 is 16.9 Å². The van der Waals surface area contributed by atoms with E-state index in [1.54, 1.807) is 0 Å². The maximum Gasteiger partial charge on any atom is 0.223 e. The molecule has 2 aromatic carbocycles. The van der Waals surface area contributed by atoms with E-state index in [1.807, 2.05) is 6.07 Å². The van der Waals surface area contributed by atoms with Gasteiger partial charge >= 0.3 is 0 Å². The van der Waals surface area contributed by atoms with Crippen LogP contribution in [0.4, 0.5) is 0 Å². The normalized spacial score (nSPS) is 19.5. The third-order valence-electron chi connectivity index (χ3n) is 7.21. The molecule has 3 aromatic rings. The van der Waals surface area contributed by atoms with Gasteiger partial charge in [0, 0.05) is 31.5 Å². The van der Waals surface area contributed by atoms with E-state index in [1.165, 1.54) is 30.4 Å². The van der Waals surface area contributed by atoms with Gasteiger partial charge in [-0.3, -0.25) is 4.79 Å². The van der Waals surface area contributed by atoms with Crippen LogP contribution in [0.3, 0.4) is 0 Å². The fraction of sp³-hybridized carbons (Fsp3) is 0.500. The zero-order valence-corrected chi connectivity index (χ0v) is 19.9. The van der Waals surface area contributed by atoms with Crippen molar-refractivity contribution in [3.05, 3.63) is 59.4 Å². The number of aryl methyl sites for hydroxylation is 3. The predicted octanol–water partition coefficient (Wildman–Crippen LogP) is 5.77. The average Bonchev–Trinajstić information content (AvgIpc) is 3.37. The van der Waals surface area contributed by atoms with Crippen molar-refractivity contribution in [2.45, 2.75) is 77.3 Å². The van der Waals surface area contributed by atoms with Crippen LogP contribution in [-0.4, -0.2) is 39.6 Å². The first-order chi connectivity index (χ1) is 16.1. The summed E-state index contributed by atoms with van der Waals surface area (Å²) in [4.78, 5) is 20.1. The van der Waals surface area contributed by atoms with Gasteiger partial charge in [0.1, 0.15) is 11.6 Å². The molecule has 1 aromatic heterocycles. The Morgan fingerprint density at radius 3 is 2.58 bits per heavy atom. The minimum absolute atomic E-state index is 0.173. The van der Waals surface area contributed by atoms with Crippen molar-refractivity contribution in [2.75, 3.05) is 13.2 Å². The van der Waals surface area contributed by atoms with Crippen LogP contribution in [-0.2, 0) is 11.3 Å². The number of rotatable bonds is 7. The summed E-state index contributed by atoms with van der Waals surface area (Å²) in [6, 6.07) is 15.1. The Balaban J connectivity index is 1.31. The summed E-state index contributed by atoms with van der Waals surface area (Å²) in [5, 5.41) is 0. The minimum atomic E-state index is 0.173. The largest absolute Gasteiger partial charge is 0.494 e. The molecular weight excluding hydrogens is 410 g/mol. The van der Waals surface area contributed by atoms with E-state index in [9.17, 15) is 4.79 Å². The molecule has 0 bridgehead atoms. The molecule has 5 rings (SSSR count). The monoisotopic (exact) mass is 445 g/mol. The molecule has 0 spiro atoms. The Kier molecular flexibility index (Phi) is 6.39. The number of carbonyl (C=O) groups excluding carboxylic acids is 1. The van der Waals surface area contributed by atoms with Gasteiger partial charge in [0.25, 0.3) is 0 Å². The number of fused-ring (bicyclic) bond motifs is 1. The molecule has 1 unspecified atom stereocenters. The molecule has 1 amide bonds. The van der Waals surface area contributed by atoms with Gasteiger partial charge in [-0.1, -0.05) is 37.5 Å². The summed E-state index contributed by atoms with van der Waals surface area (Å²) >= 11 is 0. The molecule has 0 radical (unpaired) electrons. The van der Waals surface area contributed by atoms with Crippen LogP contribution in [0, 0.1) is 13.8 Å². The van der Waals surface area contributed by atoms with Crippen LogP contribution in [0.5, 0.6) is 5.75 Å². The molecule has 2 fully saturated rings. The highest BCUT2D eigenvalue weighted by Gasteiger charge is 2.37. The summed E-state index contributed by atoms with van der Waals surface area (Å²) in [6.45, 7) is 6.51. The quantitative estimate of drug-likeness (QED) is 0.434. The van der Waals surface area contributed by atoms with Gasteiger partial charge in [-0.2, -0.15) is 0 Å². The van der Waals surface area contributed by atoms with Gasteiger partial charge in [0.15, 0.2) is 0 Å². The first kappa shape index (κ1) is 22.0. The third-order valence-corrected chi connectivity index (χ3v) is 7.21. The van der Waals surface area contributed by atoms with Crippen LogP contribution >= 0.6 is 0 Å². The van der Waals surface area contributed by atoms with E-state index in [0.717, 1.165) is 55.0 Å². The molecule has 1 aliphatic heterocycles. The summed E-state index contributed by atoms with van der Waals surface area (Å²) in [5.41, 5.74) is 4.62. The summed E-state index contributed by atoms with van der Waals surface area (Å²) in [7, 11) is 0. The van der Waals surface area contributed by atoms with E-state index < -0.39 is 0 Å². The number of likely N-dealkylation sites (tertiary alicyclic amines) is 1. The van der Waals surface area contributed by atoms with Gasteiger partial charge in [-0.05, 0) is 68.5 Å². The zero-order valence-electron chi connectivity index (χ0n) is 19.9. The number of benzene rings is 2. The smallest absolute Gasteiger partial charge is 0.223 e. The van der Waals surface area contributed by atoms with Crippen LogP contribution in [0.2, 0.25) is 0 Å². The molecule has 1 saturated carbocycles. The molecule has 5 nitrogen and oxygen atoms in total. The van der Waals surface area contributed by atoms with Gasteiger partial charge in [-0.15, -0.1) is 0 Å². The fourth-order valence-corrected chi connectivity index (χ4v) is 5.72. The van der Waals surface area contributed by atoms with Crippen LogP contribution in [0.25, 0.3) is 11.0 Å². The summed E-state index contributed by atoms with van der Waals surface area (Å²) < 4.78 is 8.40. The lowest BCUT2D eigenvalue weighted by Crippen LogP contribution is -2.37. The van der Waals surface area contributed by atoms with E-state index in [0.29, 0.717) is 25.0 Å². The molecule has 2 heterocycles. The van der Waals surface area contributed by atoms with Gasteiger partial charge in [-0.25, -0.2) is 4.98 Å². The first-order valence-corrected chi connectivity index (χ1v) is 12.5. The molecule has 33 heavy (non-hydrogen) atoms. The Hall–Kier alpha value is -2.82. The molecule has 1 saturated heterocycles. The maximum atomic E-state index is 12.9. The first-order valence-electron chi connectivity index (χ1n) is 12.5. The lowest BCUT2D eigenvalue weighted by Gasteiger charge is -2.31. The van der Waals surface area contributed by atoms with Gasteiger partial charge in [0.2, 0.25) is 5.91 Å². The summed E-state index contributed by atoms with van der Waals surface area (Å²) in [6.07, 6.45) is 7.60. The van der Waals surface area contributed by atoms with E-state index >= 15 is 0 Å². The maximum absolute atomic E-state index is 12.9. The number of aromatic nitrogens is 2. The molecule has 2 aliphatic rings. The third kappa shape index (κ3) is 4.78. The van der Waals surface area contributed by atoms with E-state index in [2.05, 4.69) is 59.7 Å². The van der Waals surface area contributed by atoms with Crippen LogP contribution in [0.15, 0.2) is 42.5 Å². The highest BCUT2D eigenvalue weighted by Crippen LogP contribution is 2.34. The van der Waals surface area contributed by atoms with E-state index in [4.69, 9.17) is 9.72 Å². The number of para-hydroxylation sites is 2. The average molecular weight is 446 g/mol. The predicted molar refractivity (Wildman–Crippen MR) is 132 cm³/mol. The van der Waals surface area contributed by atoms with E-state index in [-0.39, 0.29) is 5.92 Å². The number of ether oxygens (including phenoxy) is 1. The lowest BCUT2D eigenvalue weighted by molar-refractivity contribution is -0.130. The van der Waals surface area contributed by atoms with Crippen molar-refractivity contribution in [3.8, 4) is 5.75 Å². The number of hydrogen-bond acceptors (Lipinski definition) is 3. The number of carbonyl (C=O) groups is 1. The number of nitrogens with zero attached hydrogens (tertiary/aromatic N) is 3. The van der Waals surface area contributed by atoms with Crippen molar-refractivity contribution in [1.82, 2.24) is 14.5 Å². The Morgan fingerprint density at radius 1 is 1.03 bits per heavy atom. The highest BCUT2D eigenvalue weighted by atomic mass is 16.5. The molecule has 1 atom stereocenters. The molecular formula is C28H35N3O2. The van der Waals surface area contributed by atoms with Crippen molar-refractivity contribution in [3.63, 3.8) is 0 Å². The van der Waals surface area contributed by atoms with Gasteiger partial charge in [0.05, 0.1) is 17.6 Å². The highest BCUT2D eigenvalue weighted by molar-refractivity contribution is 5.81. The second-order valence-electron chi connectivity index (χ2n) is 9.87. The Labute approximate surface area is 196 Å². The standard InChI is InChI=1S/C28H35N3O2/c1-20-15-21(2)17-24(16-20)33-14-8-13-30-26-12-7-6-11-25(26)29-28(30)22-18-27(32)31(19-22)23-9-4-3-5-10-23/h6-7,11-12,15-17,22-23H,3-5,8-10,13-14,18-19H2,1-2H3. The second-order valence-corrected chi connectivity index (χ2v) is 9.87. The topological polar surface area (TPSA) is 47.4 Å². The molecule has 174 valence electrons.